The van der Waals surface area contributed by atoms with E-state index in [9.17, 15) is 13.2 Å². The fraction of sp³-hybridized carbons (Fsp3) is 0.571. The summed E-state index contributed by atoms with van der Waals surface area (Å²) < 4.78 is 46.8. The summed E-state index contributed by atoms with van der Waals surface area (Å²) in [6.07, 6.45) is 0. The fourth-order valence-corrected chi connectivity index (χ4v) is 2.63. The number of nitrogens with zero attached hydrogens (tertiary/aromatic N) is 1. The molecule has 4 nitrogen and oxygen atoms in total. The largest absolute Gasteiger partial charge is 0.496 e. The lowest BCUT2D eigenvalue weighted by molar-refractivity contribution is -0.119. The number of aliphatic hydroxyl groups excluding tert-OH is 1. The van der Waals surface area contributed by atoms with Gasteiger partial charge < -0.3 is 15.2 Å². The van der Waals surface area contributed by atoms with Crippen LogP contribution in [0.15, 0.2) is 18.2 Å². The van der Waals surface area contributed by atoms with Gasteiger partial charge in [-0.15, -0.1) is 12.4 Å². The minimum Gasteiger partial charge on any atom is -0.496 e. The van der Waals surface area contributed by atoms with Gasteiger partial charge in [0.05, 0.1) is 7.11 Å². The Labute approximate surface area is 133 Å². The van der Waals surface area contributed by atoms with Crippen molar-refractivity contribution in [2.75, 3.05) is 39.9 Å². The third-order valence-corrected chi connectivity index (χ3v) is 3.62. The molecule has 1 aromatic carbocycles. The van der Waals surface area contributed by atoms with Gasteiger partial charge in [0, 0.05) is 37.8 Å². The van der Waals surface area contributed by atoms with Crippen LogP contribution in [0.4, 0.5) is 13.2 Å². The normalized spacial score (nSPS) is 17.7. The van der Waals surface area contributed by atoms with Gasteiger partial charge in [0.25, 0.3) is 5.92 Å². The maximum absolute atomic E-state index is 14.2. The van der Waals surface area contributed by atoms with Crippen molar-refractivity contribution in [3.8, 4) is 5.75 Å². The van der Waals surface area contributed by atoms with Crippen molar-refractivity contribution in [1.82, 2.24) is 10.2 Å². The van der Waals surface area contributed by atoms with E-state index in [0.717, 1.165) is 12.1 Å². The molecule has 1 atom stereocenters. The summed E-state index contributed by atoms with van der Waals surface area (Å²) in [5.41, 5.74) is 0.180. The second-order valence-electron chi connectivity index (χ2n) is 4.99. The summed E-state index contributed by atoms with van der Waals surface area (Å²) in [6, 6.07) is 2.16. The lowest BCUT2D eigenvalue weighted by Gasteiger charge is -2.39. The number of piperazine rings is 1. The first-order chi connectivity index (χ1) is 9.99. The lowest BCUT2D eigenvalue weighted by atomic mass is 9.97. The SMILES string of the molecule is COc1cc(F)ccc1[C@H](N1CCNCC1)C(F)(F)CO.Cl. The minimum atomic E-state index is -3.34. The smallest absolute Gasteiger partial charge is 0.290 e. The Hall–Kier alpha value is -1.02. The third-order valence-electron chi connectivity index (χ3n) is 3.62. The Kier molecular flexibility index (Phi) is 6.93. The number of hydrogen-bond donors (Lipinski definition) is 2. The topological polar surface area (TPSA) is 44.7 Å². The van der Waals surface area contributed by atoms with E-state index in [1.807, 2.05) is 0 Å². The highest BCUT2D eigenvalue weighted by atomic mass is 35.5. The summed E-state index contributed by atoms with van der Waals surface area (Å²) in [6.45, 7) is 0.729. The molecule has 2 rings (SSSR count). The number of alkyl halides is 2. The number of halogens is 4. The standard InChI is InChI=1S/C14H19F3N2O2.ClH/c1-21-12-8-10(15)2-3-11(12)13(14(16,17)9-20)19-6-4-18-5-7-19;/h2-3,8,13,18,20H,4-7,9H2,1H3;1H/t13-;/m0./s1. The molecular formula is C14H20ClF3N2O2. The van der Waals surface area contributed by atoms with E-state index in [4.69, 9.17) is 9.84 Å². The molecule has 0 aliphatic carbocycles. The molecule has 1 saturated heterocycles. The van der Waals surface area contributed by atoms with Crippen LogP contribution in [0.25, 0.3) is 0 Å². The Balaban J connectivity index is 0.00000242. The van der Waals surface area contributed by atoms with Crippen molar-refractivity contribution >= 4 is 12.4 Å². The van der Waals surface area contributed by atoms with Crippen LogP contribution >= 0.6 is 12.4 Å². The number of benzene rings is 1. The first-order valence-corrected chi connectivity index (χ1v) is 6.76. The summed E-state index contributed by atoms with van der Waals surface area (Å²) in [4.78, 5) is 1.59. The molecule has 8 heteroatoms. The molecule has 2 N–H and O–H groups in total. The van der Waals surface area contributed by atoms with Crippen LogP contribution in [0.5, 0.6) is 5.75 Å². The molecule has 0 saturated carbocycles. The Bertz CT molecular complexity index is 485. The predicted molar refractivity (Wildman–Crippen MR) is 79.4 cm³/mol. The summed E-state index contributed by atoms with van der Waals surface area (Å²) in [7, 11) is 1.31. The van der Waals surface area contributed by atoms with Gasteiger partial charge in [-0.3, -0.25) is 4.90 Å². The van der Waals surface area contributed by atoms with Gasteiger partial charge in [-0.05, 0) is 6.07 Å². The van der Waals surface area contributed by atoms with Gasteiger partial charge >= 0.3 is 0 Å². The van der Waals surface area contributed by atoms with Crippen LogP contribution in [0.1, 0.15) is 11.6 Å². The highest BCUT2D eigenvalue weighted by Gasteiger charge is 2.45. The molecule has 0 radical (unpaired) electrons. The zero-order chi connectivity index (χ0) is 15.5. The Morgan fingerprint density at radius 2 is 2.00 bits per heavy atom. The number of rotatable bonds is 5. The molecule has 0 amide bonds. The number of aliphatic hydroxyl groups is 1. The van der Waals surface area contributed by atoms with Crippen molar-refractivity contribution in [2.45, 2.75) is 12.0 Å². The highest BCUT2D eigenvalue weighted by Crippen LogP contribution is 2.40. The first-order valence-electron chi connectivity index (χ1n) is 6.76. The van der Waals surface area contributed by atoms with Gasteiger partial charge in [-0.25, -0.2) is 13.2 Å². The maximum Gasteiger partial charge on any atom is 0.290 e. The second kappa shape index (κ2) is 8.01. The van der Waals surface area contributed by atoms with E-state index in [0.29, 0.717) is 26.2 Å². The minimum absolute atomic E-state index is 0. The van der Waals surface area contributed by atoms with Crippen molar-refractivity contribution in [1.29, 1.82) is 0 Å². The molecule has 0 spiro atoms. The second-order valence-corrected chi connectivity index (χ2v) is 4.99. The van der Waals surface area contributed by atoms with Crippen molar-refractivity contribution < 1.29 is 23.0 Å². The fourth-order valence-electron chi connectivity index (χ4n) is 2.63. The van der Waals surface area contributed by atoms with Gasteiger partial charge in [-0.2, -0.15) is 0 Å². The van der Waals surface area contributed by atoms with Crippen molar-refractivity contribution in [3.63, 3.8) is 0 Å². The third kappa shape index (κ3) is 4.04. The maximum atomic E-state index is 14.2. The van der Waals surface area contributed by atoms with Crippen molar-refractivity contribution in [2.24, 2.45) is 0 Å². The van der Waals surface area contributed by atoms with E-state index in [2.05, 4.69) is 5.32 Å². The number of ether oxygens (including phenoxy) is 1. The van der Waals surface area contributed by atoms with E-state index >= 15 is 0 Å². The summed E-state index contributed by atoms with van der Waals surface area (Å²) in [5.74, 6) is -3.84. The van der Waals surface area contributed by atoms with E-state index in [1.54, 1.807) is 4.90 Å². The molecule has 1 aliphatic rings. The molecule has 126 valence electrons. The monoisotopic (exact) mass is 340 g/mol. The van der Waals surface area contributed by atoms with Crippen molar-refractivity contribution in [3.05, 3.63) is 29.6 Å². The molecule has 1 aromatic rings. The average Bonchev–Trinajstić information content (AvgIpc) is 2.50. The zero-order valence-electron chi connectivity index (χ0n) is 12.2. The van der Waals surface area contributed by atoms with Crippen LogP contribution in [0.3, 0.4) is 0 Å². The molecule has 1 heterocycles. The summed E-state index contributed by atoms with van der Waals surface area (Å²) in [5, 5.41) is 12.2. The Morgan fingerprint density at radius 3 is 2.55 bits per heavy atom. The van der Waals surface area contributed by atoms with Crippen LogP contribution in [-0.2, 0) is 0 Å². The zero-order valence-corrected chi connectivity index (χ0v) is 13.0. The molecule has 0 unspecified atom stereocenters. The summed E-state index contributed by atoms with van der Waals surface area (Å²) >= 11 is 0. The Morgan fingerprint density at radius 1 is 1.36 bits per heavy atom. The number of methoxy groups -OCH3 is 1. The van der Waals surface area contributed by atoms with Crippen LogP contribution < -0.4 is 10.1 Å². The molecule has 0 aromatic heterocycles. The van der Waals surface area contributed by atoms with E-state index in [1.165, 1.54) is 13.2 Å². The van der Waals surface area contributed by atoms with Gasteiger partial charge in [0.1, 0.15) is 24.2 Å². The van der Waals surface area contributed by atoms with Gasteiger partial charge in [0.15, 0.2) is 0 Å². The van der Waals surface area contributed by atoms with Crippen LogP contribution in [0, 0.1) is 5.82 Å². The van der Waals surface area contributed by atoms with E-state index < -0.39 is 24.4 Å². The molecule has 0 bridgehead atoms. The van der Waals surface area contributed by atoms with Gasteiger partial charge in [0.2, 0.25) is 0 Å². The number of hydrogen-bond acceptors (Lipinski definition) is 4. The van der Waals surface area contributed by atoms with E-state index in [-0.39, 0.29) is 23.7 Å². The average molecular weight is 341 g/mol. The first kappa shape index (κ1) is 19.0. The molecule has 22 heavy (non-hydrogen) atoms. The quantitative estimate of drug-likeness (QED) is 0.858. The lowest BCUT2D eigenvalue weighted by Crippen LogP contribution is -2.51. The molecule has 1 aliphatic heterocycles. The van der Waals surface area contributed by atoms with Gasteiger partial charge in [-0.1, -0.05) is 6.07 Å². The predicted octanol–water partition coefficient (Wildman–Crippen LogP) is 1.83. The molecule has 1 fully saturated rings. The molecular weight excluding hydrogens is 321 g/mol. The van der Waals surface area contributed by atoms with Crippen LogP contribution in [0.2, 0.25) is 0 Å². The number of nitrogens with one attached hydrogen (secondary N) is 1. The van der Waals surface area contributed by atoms with Crippen LogP contribution in [-0.4, -0.2) is 55.8 Å². The highest BCUT2D eigenvalue weighted by molar-refractivity contribution is 5.85.